The van der Waals surface area contributed by atoms with Crippen LogP contribution in [0.4, 0.5) is 5.69 Å². The van der Waals surface area contributed by atoms with Gasteiger partial charge in [0.2, 0.25) is 0 Å². The zero-order chi connectivity index (χ0) is 18.6. The van der Waals surface area contributed by atoms with Crippen LogP contribution in [0, 0.1) is 0 Å². The highest BCUT2D eigenvalue weighted by molar-refractivity contribution is 7.99. The number of hydrogen-bond acceptors (Lipinski definition) is 3. The topological polar surface area (TPSA) is 57.8 Å². The van der Waals surface area contributed by atoms with Gasteiger partial charge in [0.25, 0.3) is 5.91 Å². The van der Waals surface area contributed by atoms with Crippen molar-refractivity contribution in [1.82, 2.24) is 9.97 Å². The molecule has 0 aliphatic carbocycles. The Balaban J connectivity index is 1.62. The van der Waals surface area contributed by atoms with Gasteiger partial charge in [-0.25, -0.2) is 4.98 Å². The van der Waals surface area contributed by atoms with Crippen molar-refractivity contribution in [3.63, 3.8) is 0 Å². The third-order valence-corrected chi connectivity index (χ3v) is 5.14. The van der Waals surface area contributed by atoms with Crippen molar-refractivity contribution in [2.45, 2.75) is 11.8 Å². The fraction of sp³-hybridized carbons (Fsp3) is 0.0909. The summed E-state index contributed by atoms with van der Waals surface area (Å²) < 4.78 is 0. The van der Waals surface area contributed by atoms with Crippen LogP contribution >= 0.6 is 11.8 Å². The number of nitrogens with zero attached hydrogens (tertiary/aromatic N) is 1. The summed E-state index contributed by atoms with van der Waals surface area (Å²) in [5.74, 6) is 1.62. The van der Waals surface area contributed by atoms with E-state index in [2.05, 4.69) is 22.2 Å². The number of aromatic nitrogens is 2. The van der Waals surface area contributed by atoms with E-state index in [1.165, 1.54) is 0 Å². The number of para-hydroxylation sites is 3. The second-order valence-electron chi connectivity index (χ2n) is 6.06. The maximum Gasteiger partial charge on any atom is 0.255 e. The molecule has 4 nitrogen and oxygen atoms in total. The first kappa shape index (κ1) is 17.4. The maximum absolute atomic E-state index is 12.7. The molecule has 0 fully saturated rings. The Kier molecular flexibility index (Phi) is 4.94. The molecule has 5 heteroatoms. The molecule has 2 N–H and O–H groups in total. The molecule has 4 rings (SSSR count). The van der Waals surface area contributed by atoms with Crippen LogP contribution in [0.5, 0.6) is 0 Å². The summed E-state index contributed by atoms with van der Waals surface area (Å²) in [4.78, 5) is 21.8. The summed E-state index contributed by atoms with van der Waals surface area (Å²) in [5, 5.41) is 3.02. The smallest absolute Gasteiger partial charge is 0.255 e. The summed E-state index contributed by atoms with van der Waals surface area (Å²) >= 11 is 1.76. The largest absolute Gasteiger partial charge is 0.338 e. The van der Waals surface area contributed by atoms with E-state index in [9.17, 15) is 4.79 Å². The summed E-state index contributed by atoms with van der Waals surface area (Å²) in [6, 6.07) is 23.2. The van der Waals surface area contributed by atoms with Gasteiger partial charge < -0.3 is 10.3 Å². The van der Waals surface area contributed by atoms with Crippen molar-refractivity contribution >= 4 is 34.4 Å². The highest BCUT2D eigenvalue weighted by Gasteiger charge is 2.13. The number of fused-ring (bicyclic) bond motifs is 1. The molecular formula is C22H19N3OS. The molecule has 0 aliphatic heterocycles. The lowest BCUT2D eigenvalue weighted by Gasteiger charge is -2.10. The second-order valence-corrected chi connectivity index (χ2v) is 7.40. The standard InChI is InChI=1S/C22H19N3OS/c1-2-27-16-13-11-15(12-14-16)22(26)25-18-8-4-3-7-17(18)21-23-19-9-5-6-10-20(19)24-21/h3-14H,2H2,1H3,(H,23,24)(H,25,26). The molecule has 1 aromatic heterocycles. The average molecular weight is 373 g/mol. The number of H-pyrrole nitrogens is 1. The minimum atomic E-state index is -0.133. The number of hydrogen-bond donors (Lipinski definition) is 2. The Labute approximate surface area is 162 Å². The average Bonchev–Trinajstić information content (AvgIpc) is 3.13. The number of rotatable bonds is 5. The van der Waals surface area contributed by atoms with Crippen LogP contribution in [0.25, 0.3) is 22.4 Å². The highest BCUT2D eigenvalue weighted by Crippen LogP contribution is 2.28. The van der Waals surface area contributed by atoms with E-state index in [-0.39, 0.29) is 5.91 Å². The lowest BCUT2D eigenvalue weighted by atomic mass is 10.1. The number of carbonyl (C=O) groups is 1. The van der Waals surface area contributed by atoms with Gasteiger partial charge in [0.15, 0.2) is 0 Å². The van der Waals surface area contributed by atoms with Crippen molar-refractivity contribution in [3.8, 4) is 11.4 Å². The molecule has 1 amide bonds. The van der Waals surface area contributed by atoms with E-state index in [0.29, 0.717) is 5.56 Å². The number of nitrogens with one attached hydrogen (secondary N) is 2. The minimum Gasteiger partial charge on any atom is -0.338 e. The molecule has 3 aromatic carbocycles. The zero-order valence-electron chi connectivity index (χ0n) is 14.9. The Bertz CT molecular complexity index is 1050. The molecule has 0 unspecified atom stereocenters. The van der Waals surface area contributed by atoms with Gasteiger partial charge in [0, 0.05) is 16.0 Å². The van der Waals surface area contributed by atoms with Crippen molar-refractivity contribution in [3.05, 3.63) is 78.4 Å². The van der Waals surface area contributed by atoms with Crippen molar-refractivity contribution in [1.29, 1.82) is 0 Å². The molecule has 0 saturated carbocycles. The highest BCUT2D eigenvalue weighted by atomic mass is 32.2. The van der Waals surface area contributed by atoms with Gasteiger partial charge in [-0.3, -0.25) is 4.79 Å². The van der Waals surface area contributed by atoms with Gasteiger partial charge in [0.1, 0.15) is 5.82 Å². The fourth-order valence-electron chi connectivity index (χ4n) is 2.94. The number of thioether (sulfide) groups is 1. The number of anilines is 1. The number of imidazole rings is 1. The van der Waals surface area contributed by atoms with Crippen molar-refractivity contribution < 1.29 is 4.79 Å². The number of aromatic amines is 1. The van der Waals surface area contributed by atoms with Gasteiger partial charge in [-0.2, -0.15) is 0 Å². The molecule has 0 radical (unpaired) electrons. The quantitative estimate of drug-likeness (QED) is 0.448. The predicted molar refractivity (Wildman–Crippen MR) is 112 cm³/mol. The molecule has 1 heterocycles. The molecule has 0 saturated heterocycles. The number of benzene rings is 3. The molecule has 0 spiro atoms. The summed E-state index contributed by atoms with van der Waals surface area (Å²) in [7, 11) is 0. The molecular weight excluding hydrogens is 354 g/mol. The van der Waals surface area contributed by atoms with E-state index in [1.807, 2.05) is 72.8 Å². The van der Waals surface area contributed by atoms with E-state index >= 15 is 0 Å². The first-order valence-corrected chi connectivity index (χ1v) is 9.81. The molecule has 4 aromatic rings. The normalized spacial score (nSPS) is 10.9. The van der Waals surface area contributed by atoms with E-state index in [0.717, 1.165) is 38.8 Å². The summed E-state index contributed by atoms with van der Waals surface area (Å²) in [6.07, 6.45) is 0. The number of amides is 1. The lowest BCUT2D eigenvalue weighted by Crippen LogP contribution is -2.12. The van der Waals surface area contributed by atoms with Crippen LogP contribution in [0.2, 0.25) is 0 Å². The molecule has 0 atom stereocenters. The molecule has 134 valence electrons. The van der Waals surface area contributed by atoms with E-state index < -0.39 is 0 Å². The van der Waals surface area contributed by atoms with Crippen LogP contribution in [0.15, 0.2) is 77.7 Å². The van der Waals surface area contributed by atoms with Crippen LogP contribution < -0.4 is 5.32 Å². The minimum absolute atomic E-state index is 0.133. The van der Waals surface area contributed by atoms with Crippen LogP contribution in [0.1, 0.15) is 17.3 Å². The number of carbonyl (C=O) groups excluding carboxylic acids is 1. The molecule has 0 aliphatic rings. The zero-order valence-corrected chi connectivity index (χ0v) is 15.7. The predicted octanol–water partition coefficient (Wildman–Crippen LogP) is 5.59. The van der Waals surface area contributed by atoms with Crippen molar-refractivity contribution in [2.24, 2.45) is 0 Å². The Hall–Kier alpha value is -3.05. The van der Waals surface area contributed by atoms with Gasteiger partial charge in [-0.15, -0.1) is 11.8 Å². The molecule has 0 bridgehead atoms. The van der Waals surface area contributed by atoms with Gasteiger partial charge >= 0.3 is 0 Å². The van der Waals surface area contributed by atoms with Gasteiger partial charge in [-0.05, 0) is 54.3 Å². The van der Waals surface area contributed by atoms with Crippen LogP contribution in [-0.4, -0.2) is 21.6 Å². The third kappa shape index (κ3) is 3.73. The third-order valence-electron chi connectivity index (χ3n) is 4.25. The van der Waals surface area contributed by atoms with E-state index in [1.54, 1.807) is 11.8 Å². The van der Waals surface area contributed by atoms with Gasteiger partial charge in [-0.1, -0.05) is 31.2 Å². The van der Waals surface area contributed by atoms with Crippen molar-refractivity contribution in [2.75, 3.05) is 11.1 Å². The van der Waals surface area contributed by atoms with E-state index in [4.69, 9.17) is 0 Å². The molecule has 27 heavy (non-hydrogen) atoms. The Morgan fingerprint density at radius 2 is 1.74 bits per heavy atom. The van der Waals surface area contributed by atoms with Crippen LogP contribution in [-0.2, 0) is 0 Å². The van der Waals surface area contributed by atoms with Gasteiger partial charge in [0.05, 0.1) is 16.7 Å². The summed E-state index contributed by atoms with van der Waals surface area (Å²) in [6.45, 7) is 2.11. The van der Waals surface area contributed by atoms with Crippen LogP contribution in [0.3, 0.4) is 0 Å². The monoisotopic (exact) mass is 373 g/mol. The second kappa shape index (κ2) is 7.68. The first-order valence-electron chi connectivity index (χ1n) is 8.83. The lowest BCUT2D eigenvalue weighted by molar-refractivity contribution is 0.102. The maximum atomic E-state index is 12.7. The SMILES string of the molecule is CCSc1ccc(C(=O)Nc2ccccc2-c2nc3ccccc3[nH]2)cc1. The summed E-state index contributed by atoms with van der Waals surface area (Å²) in [5.41, 5.74) is 4.10. The Morgan fingerprint density at radius 1 is 1.00 bits per heavy atom. The Morgan fingerprint density at radius 3 is 2.52 bits per heavy atom. The fourth-order valence-corrected chi connectivity index (χ4v) is 3.60. The first-order chi connectivity index (χ1) is 13.2.